The van der Waals surface area contributed by atoms with E-state index in [9.17, 15) is 4.79 Å². The van der Waals surface area contributed by atoms with Crippen molar-refractivity contribution in [1.29, 1.82) is 0 Å². The molecule has 0 aromatic rings. The fraction of sp³-hybridized carbons (Fsp3) is 0.800. The van der Waals surface area contributed by atoms with Crippen LogP contribution in [0.5, 0.6) is 0 Å². The van der Waals surface area contributed by atoms with Crippen molar-refractivity contribution in [3.8, 4) is 0 Å². The molecule has 0 rings (SSSR count). The Labute approximate surface area is 117 Å². The molecule has 0 aromatic heterocycles. The van der Waals surface area contributed by atoms with Gasteiger partial charge < -0.3 is 15.8 Å². The lowest BCUT2D eigenvalue weighted by Crippen LogP contribution is -2.22. The van der Waals surface area contributed by atoms with Gasteiger partial charge in [-0.3, -0.25) is 4.79 Å². The van der Waals surface area contributed by atoms with Crippen LogP contribution in [-0.4, -0.2) is 32.2 Å². The van der Waals surface area contributed by atoms with Crippen LogP contribution in [0.4, 0.5) is 0 Å². The first-order chi connectivity index (χ1) is 9.31. The summed E-state index contributed by atoms with van der Waals surface area (Å²) in [7, 11) is 0. The van der Waals surface area contributed by atoms with E-state index in [0.717, 1.165) is 45.4 Å². The highest BCUT2D eigenvalue weighted by Gasteiger charge is 1.94. The molecule has 0 unspecified atom stereocenters. The molecular weight excluding hydrogens is 240 g/mol. The fourth-order valence-corrected chi connectivity index (χ4v) is 1.77. The highest BCUT2D eigenvalue weighted by molar-refractivity contribution is 5.86. The summed E-state index contributed by atoms with van der Waals surface area (Å²) in [6.07, 6.45) is 10.6. The number of hydrogen-bond acceptors (Lipinski definition) is 3. The summed E-state index contributed by atoms with van der Waals surface area (Å²) in [5, 5.41) is 2.75. The first-order valence-electron chi connectivity index (χ1n) is 7.49. The number of carbonyl (C=O) groups excluding carboxylic acids is 1. The van der Waals surface area contributed by atoms with Crippen LogP contribution in [0, 0.1) is 0 Å². The van der Waals surface area contributed by atoms with E-state index in [1.807, 2.05) is 0 Å². The molecule has 0 aromatic carbocycles. The minimum Gasteiger partial charge on any atom is -0.381 e. The summed E-state index contributed by atoms with van der Waals surface area (Å²) in [5.74, 6) is -0.101. The molecule has 0 aliphatic heterocycles. The summed E-state index contributed by atoms with van der Waals surface area (Å²) < 4.78 is 5.54. The third-order valence-electron chi connectivity index (χ3n) is 2.94. The summed E-state index contributed by atoms with van der Waals surface area (Å²) in [6.45, 7) is 6.56. The zero-order valence-electron chi connectivity index (χ0n) is 12.2. The second-order valence-electron chi connectivity index (χ2n) is 4.72. The molecule has 0 aliphatic rings. The number of ether oxygens (including phenoxy) is 1. The Morgan fingerprint density at radius 3 is 2.21 bits per heavy atom. The second kappa shape index (κ2) is 15.2. The highest BCUT2D eigenvalue weighted by atomic mass is 16.5. The van der Waals surface area contributed by atoms with Gasteiger partial charge in [-0.15, -0.1) is 0 Å². The van der Waals surface area contributed by atoms with Gasteiger partial charge in [-0.05, 0) is 38.3 Å². The first kappa shape index (κ1) is 18.1. The van der Waals surface area contributed by atoms with Crippen molar-refractivity contribution in [1.82, 2.24) is 5.32 Å². The van der Waals surface area contributed by atoms with Gasteiger partial charge in [0.15, 0.2) is 0 Å². The molecule has 4 heteroatoms. The van der Waals surface area contributed by atoms with Gasteiger partial charge in [0.05, 0.1) is 0 Å². The first-order valence-corrected chi connectivity index (χ1v) is 7.49. The average molecular weight is 270 g/mol. The monoisotopic (exact) mass is 270 g/mol. The zero-order chi connectivity index (χ0) is 14.2. The topological polar surface area (TPSA) is 64.3 Å². The molecule has 0 spiro atoms. The van der Waals surface area contributed by atoms with Crippen LogP contribution in [0.2, 0.25) is 0 Å². The lowest BCUT2D eigenvalue weighted by Gasteiger charge is -2.05. The van der Waals surface area contributed by atoms with E-state index in [-0.39, 0.29) is 5.91 Å². The Morgan fingerprint density at radius 2 is 1.58 bits per heavy atom. The Bertz CT molecular complexity index is 220. The molecule has 19 heavy (non-hydrogen) atoms. The van der Waals surface area contributed by atoms with Crippen LogP contribution in [0.15, 0.2) is 12.7 Å². The standard InChI is InChI=1S/C15H30N2O2/c1-2-15(18)17-12-8-10-14-19-13-9-6-4-3-5-7-11-16/h2H,1,3-14,16H2,(H,17,18). The molecule has 0 bridgehead atoms. The molecule has 0 saturated carbocycles. The molecule has 0 radical (unpaired) electrons. The van der Waals surface area contributed by atoms with E-state index in [2.05, 4.69) is 11.9 Å². The molecule has 4 nitrogen and oxygen atoms in total. The molecular formula is C15H30N2O2. The predicted octanol–water partition coefficient (Wildman–Crippen LogP) is 2.38. The second-order valence-corrected chi connectivity index (χ2v) is 4.72. The molecule has 0 atom stereocenters. The van der Waals surface area contributed by atoms with Crippen LogP contribution in [0.1, 0.15) is 51.4 Å². The average Bonchev–Trinajstić information content (AvgIpc) is 2.43. The number of rotatable bonds is 14. The number of carbonyl (C=O) groups is 1. The van der Waals surface area contributed by atoms with Crippen molar-refractivity contribution >= 4 is 5.91 Å². The van der Waals surface area contributed by atoms with Gasteiger partial charge in [0.2, 0.25) is 5.91 Å². The molecule has 112 valence electrons. The van der Waals surface area contributed by atoms with E-state index in [1.54, 1.807) is 0 Å². The van der Waals surface area contributed by atoms with E-state index in [0.29, 0.717) is 6.54 Å². The third-order valence-corrected chi connectivity index (χ3v) is 2.94. The van der Waals surface area contributed by atoms with Crippen molar-refractivity contribution in [2.24, 2.45) is 5.73 Å². The van der Waals surface area contributed by atoms with E-state index < -0.39 is 0 Å². The van der Waals surface area contributed by atoms with Gasteiger partial charge in [0, 0.05) is 19.8 Å². The zero-order valence-corrected chi connectivity index (χ0v) is 12.2. The largest absolute Gasteiger partial charge is 0.381 e. The van der Waals surface area contributed by atoms with Crippen molar-refractivity contribution in [2.75, 3.05) is 26.3 Å². The minimum atomic E-state index is -0.101. The normalized spacial score (nSPS) is 10.4. The quantitative estimate of drug-likeness (QED) is 0.376. The maximum absolute atomic E-state index is 10.8. The molecule has 0 saturated heterocycles. The summed E-state index contributed by atoms with van der Waals surface area (Å²) in [4.78, 5) is 10.8. The van der Waals surface area contributed by atoms with Gasteiger partial charge in [0.1, 0.15) is 0 Å². The van der Waals surface area contributed by atoms with E-state index in [4.69, 9.17) is 10.5 Å². The van der Waals surface area contributed by atoms with Crippen molar-refractivity contribution in [3.63, 3.8) is 0 Å². The third kappa shape index (κ3) is 15.1. The summed E-state index contributed by atoms with van der Waals surface area (Å²) in [6, 6.07) is 0. The van der Waals surface area contributed by atoms with E-state index in [1.165, 1.54) is 31.8 Å². The summed E-state index contributed by atoms with van der Waals surface area (Å²) in [5.41, 5.74) is 5.44. The molecule has 1 amide bonds. The number of nitrogens with two attached hydrogens (primary N) is 1. The van der Waals surface area contributed by atoms with Crippen LogP contribution in [0.3, 0.4) is 0 Å². The molecule has 0 fully saturated rings. The maximum Gasteiger partial charge on any atom is 0.243 e. The number of unbranched alkanes of at least 4 members (excludes halogenated alkanes) is 6. The smallest absolute Gasteiger partial charge is 0.243 e. The minimum absolute atomic E-state index is 0.101. The molecule has 3 N–H and O–H groups in total. The van der Waals surface area contributed by atoms with Gasteiger partial charge in [-0.2, -0.15) is 0 Å². The Morgan fingerprint density at radius 1 is 1.00 bits per heavy atom. The van der Waals surface area contributed by atoms with Crippen LogP contribution < -0.4 is 11.1 Å². The van der Waals surface area contributed by atoms with Gasteiger partial charge in [-0.25, -0.2) is 0 Å². The predicted molar refractivity (Wildman–Crippen MR) is 80.0 cm³/mol. The highest BCUT2D eigenvalue weighted by Crippen LogP contribution is 2.04. The van der Waals surface area contributed by atoms with Gasteiger partial charge >= 0.3 is 0 Å². The summed E-state index contributed by atoms with van der Waals surface area (Å²) >= 11 is 0. The Kier molecular flexibility index (Phi) is 14.5. The van der Waals surface area contributed by atoms with Crippen molar-refractivity contribution in [2.45, 2.75) is 51.4 Å². The van der Waals surface area contributed by atoms with Gasteiger partial charge in [-0.1, -0.05) is 32.3 Å². The number of nitrogens with one attached hydrogen (secondary N) is 1. The Balaban J connectivity index is 2.99. The Hall–Kier alpha value is -0.870. The fourth-order valence-electron chi connectivity index (χ4n) is 1.77. The number of hydrogen-bond donors (Lipinski definition) is 2. The van der Waals surface area contributed by atoms with Crippen LogP contribution >= 0.6 is 0 Å². The van der Waals surface area contributed by atoms with Crippen molar-refractivity contribution < 1.29 is 9.53 Å². The van der Waals surface area contributed by atoms with Crippen LogP contribution in [0.25, 0.3) is 0 Å². The SMILES string of the molecule is C=CC(=O)NCCCCOCCCCCCCCN. The maximum atomic E-state index is 10.8. The molecule has 0 aliphatic carbocycles. The van der Waals surface area contributed by atoms with E-state index >= 15 is 0 Å². The molecule has 0 heterocycles. The lowest BCUT2D eigenvalue weighted by atomic mass is 10.1. The van der Waals surface area contributed by atoms with Crippen LogP contribution in [-0.2, 0) is 9.53 Å². The number of amides is 1. The van der Waals surface area contributed by atoms with Gasteiger partial charge in [0.25, 0.3) is 0 Å². The van der Waals surface area contributed by atoms with Crippen molar-refractivity contribution in [3.05, 3.63) is 12.7 Å². The lowest BCUT2D eigenvalue weighted by molar-refractivity contribution is -0.116.